The van der Waals surface area contributed by atoms with Gasteiger partial charge in [-0.3, -0.25) is 0 Å². The van der Waals surface area contributed by atoms with Crippen LogP contribution in [0.5, 0.6) is 0 Å². The molecular weight excluding hydrogens is 354 g/mol. The molecule has 1 aliphatic rings. The van der Waals surface area contributed by atoms with Crippen molar-refractivity contribution in [1.82, 2.24) is 5.32 Å². The zero-order chi connectivity index (χ0) is 20.3. The number of allylic oxidation sites excluding steroid dienone is 4. The molecule has 28 heavy (non-hydrogen) atoms. The lowest BCUT2D eigenvalue weighted by Crippen LogP contribution is -2.32. The van der Waals surface area contributed by atoms with Crippen LogP contribution in [0.4, 0.5) is 0 Å². The minimum absolute atomic E-state index is 0.301. The maximum absolute atomic E-state index is 11.6. The second-order valence-electron chi connectivity index (χ2n) is 7.49. The molecule has 0 bridgehead atoms. The molecule has 1 unspecified atom stereocenters. The molecule has 0 saturated carbocycles. The fourth-order valence-corrected chi connectivity index (χ4v) is 3.15. The zero-order valence-electron chi connectivity index (χ0n) is 17.6. The van der Waals surface area contributed by atoms with Gasteiger partial charge < -0.3 is 5.32 Å². The summed E-state index contributed by atoms with van der Waals surface area (Å²) in [6, 6.07) is -0.330. The number of hydrogen-bond donors (Lipinski definition) is 1. The van der Waals surface area contributed by atoms with Crippen LogP contribution in [0.25, 0.3) is 0 Å². The molecule has 0 amide bonds. The molecular formula is C23H39NO4. The predicted molar refractivity (Wildman–Crippen MR) is 113 cm³/mol. The van der Waals surface area contributed by atoms with Crippen molar-refractivity contribution in [2.24, 2.45) is 0 Å². The fraction of sp³-hybridized carbons (Fsp3) is 0.739. The van der Waals surface area contributed by atoms with E-state index in [0.717, 1.165) is 51.5 Å². The molecule has 0 aromatic carbocycles. The van der Waals surface area contributed by atoms with Gasteiger partial charge in [-0.25, -0.2) is 19.4 Å². The summed E-state index contributed by atoms with van der Waals surface area (Å²) in [4.78, 5) is 32.3. The SMILES string of the molecule is CCCCC/C=C\C/C=C\CCCCCCCC(=O)OOC(=O)C1CCCN1. The minimum Gasteiger partial charge on any atom is -0.304 e. The molecule has 0 aliphatic carbocycles. The molecule has 1 N–H and O–H groups in total. The van der Waals surface area contributed by atoms with Crippen molar-refractivity contribution in [3.63, 3.8) is 0 Å². The third kappa shape index (κ3) is 13.5. The molecule has 0 spiro atoms. The standard InChI is InChI=1S/C23H39NO4/c1-2-3-4-5-6-7-8-9-10-11-12-13-14-15-16-19-22(25)27-28-23(26)21-18-17-20-24-21/h6-7,9-10,21,24H,2-5,8,11-20H2,1H3/b7-6-,10-9-. The smallest absolute Gasteiger partial charge is 0.304 e. The lowest BCUT2D eigenvalue weighted by molar-refractivity contribution is -0.260. The Hall–Kier alpha value is -1.62. The van der Waals surface area contributed by atoms with Gasteiger partial charge in [-0.15, -0.1) is 0 Å². The Bertz CT molecular complexity index is 467. The summed E-state index contributed by atoms with van der Waals surface area (Å²) < 4.78 is 0. The largest absolute Gasteiger partial charge is 0.372 e. The van der Waals surface area contributed by atoms with Gasteiger partial charge in [0.1, 0.15) is 6.04 Å². The zero-order valence-corrected chi connectivity index (χ0v) is 17.6. The highest BCUT2D eigenvalue weighted by Gasteiger charge is 2.25. The summed E-state index contributed by atoms with van der Waals surface area (Å²) in [5.74, 6) is -0.956. The van der Waals surface area contributed by atoms with E-state index in [1.54, 1.807) is 0 Å². The van der Waals surface area contributed by atoms with Crippen LogP contribution >= 0.6 is 0 Å². The lowest BCUT2D eigenvalue weighted by atomic mass is 10.1. The second kappa shape index (κ2) is 17.5. The van der Waals surface area contributed by atoms with Gasteiger partial charge in [-0.1, -0.05) is 63.3 Å². The summed E-state index contributed by atoms with van der Waals surface area (Å²) in [6.07, 6.45) is 23.6. The van der Waals surface area contributed by atoms with E-state index < -0.39 is 11.9 Å². The Morgan fingerprint density at radius 3 is 2.25 bits per heavy atom. The highest BCUT2D eigenvalue weighted by Crippen LogP contribution is 2.10. The Balaban J connectivity index is 1.84. The first-order valence-electron chi connectivity index (χ1n) is 11.2. The van der Waals surface area contributed by atoms with Crippen LogP contribution in [0.2, 0.25) is 0 Å². The average molecular weight is 394 g/mol. The Labute approximate surface area is 170 Å². The van der Waals surface area contributed by atoms with Gasteiger partial charge in [0, 0.05) is 0 Å². The normalized spacial score (nSPS) is 16.8. The van der Waals surface area contributed by atoms with Gasteiger partial charge in [0.15, 0.2) is 0 Å². The molecule has 1 rings (SSSR count). The summed E-state index contributed by atoms with van der Waals surface area (Å²) >= 11 is 0. The third-order valence-corrected chi connectivity index (χ3v) is 4.89. The van der Waals surface area contributed by atoms with E-state index >= 15 is 0 Å². The Morgan fingerprint density at radius 2 is 1.57 bits per heavy atom. The molecule has 1 heterocycles. The van der Waals surface area contributed by atoms with Gasteiger partial charge in [0.05, 0.1) is 6.42 Å². The Kier molecular flexibility index (Phi) is 15.2. The summed E-state index contributed by atoms with van der Waals surface area (Å²) in [5, 5.41) is 3.01. The number of carbonyl (C=O) groups is 2. The van der Waals surface area contributed by atoms with E-state index in [1.165, 1.54) is 38.5 Å². The van der Waals surface area contributed by atoms with E-state index in [2.05, 4.69) is 46.3 Å². The van der Waals surface area contributed by atoms with Gasteiger partial charge in [0.2, 0.25) is 0 Å². The monoisotopic (exact) mass is 393 g/mol. The minimum atomic E-state index is -0.495. The van der Waals surface area contributed by atoms with E-state index in [-0.39, 0.29) is 6.04 Å². The first kappa shape index (κ1) is 24.4. The molecule has 1 saturated heterocycles. The molecule has 0 aromatic heterocycles. The highest BCUT2D eigenvalue weighted by molar-refractivity contribution is 5.77. The molecule has 0 radical (unpaired) electrons. The van der Waals surface area contributed by atoms with Crippen molar-refractivity contribution in [2.75, 3.05) is 6.54 Å². The molecule has 1 atom stereocenters. The van der Waals surface area contributed by atoms with E-state index in [9.17, 15) is 9.59 Å². The van der Waals surface area contributed by atoms with Crippen molar-refractivity contribution in [1.29, 1.82) is 0 Å². The number of rotatable bonds is 15. The fourth-order valence-electron chi connectivity index (χ4n) is 3.15. The second-order valence-corrected chi connectivity index (χ2v) is 7.49. The van der Waals surface area contributed by atoms with Crippen LogP contribution in [0.15, 0.2) is 24.3 Å². The van der Waals surface area contributed by atoms with Gasteiger partial charge in [-0.05, 0) is 57.9 Å². The molecule has 160 valence electrons. The van der Waals surface area contributed by atoms with E-state index in [0.29, 0.717) is 6.42 Å². The maximum atomic E-state index is 11.6. The molecule has 5 heteroatoms. The average Bonchev–Trinajstić information content (AvgIpc) is 3.24. The van der Waals surface area contributed by atoms with Gasteiger partial charge in [0.25, 0.3) is 0 Å². The van der Waals surface area contributed by atoms with Crippen molar-refractivity contribution in [3.05, 3.63) is 24.3 Å². The van der Waals surface area contributed by atoms with E-state index in [4.69, 9.17) is 0 Å². The van der Waals surface area contributed by atoms with Crippen LogP contribution in [0, 0.1) is 0 Å². The molecule has 5 nitrogen and oxygen atoms in total. The van der Waals surface area contributed by atoms with Gasteiger partial charge >= 0.3 is 11.9 Å². The van der Waals surface area contributed by atoms with Crippen LogP contribution in [0.3, 0.4) is 0 Å². The van der Waals surface area contributed by atoms with Crippen molar-refractivity contribution < 1.29 is 19.4 Å². The van der Waals surface area contributed by atoms with Crippen molar-refractivity contribution in [3.8, 4) is 0 Å². The number of nitrogens with one attached hydrogen (secondary N) is 1. The molecule has 0 aromatic rings. The van der Waals surface area contributed by atoms with Crippen LogP contribution in [-0.4, -0.2) is 24.5 Å². The van der Waals surface area contributed by atoms with Crippen molar-refractivity contribution >= 4 is 11.9 Å². The van der Waals surface area contributed by atoms with Crippen LogP contribution in [-0.2, 0) is 19.4 Å². The van der Waals surface area contributed by atoms with Crippen LogP contribution in [0.1, 0.15) is 96.8 Å². The quantitative estimate of drug-likeness (QED) is 0.171. The summed E-state index contributed by atoms with van der Waals surface area (Å²) in [6.45, 7) is 3.04. The topological polar surface area (TPSA) is 64.6 Å². The molecule has 1 aliphatic heterocycles. The van der Waals surface area contributed by atoms with Crippen molar-refractivity contribution in [2.45, 2.75) is 103 Å². The summed E-state index contributed by atoms with van der Waals surface area (Å²) in [5.41, 5.74) is 0. The first-order chi connectivity index (χ1) is 13.7. The van der Waals surface area contributed by atoms with Gasteiger partial charge in [-0.2, -0.15) is 0 Å². The predicted octanol–water partition coefficient (Wildman–Crippen LogP) is 5.55. The van der Waals surface area contributed by atoms with Crippen LogP contribution < -0.4 is 5.32 Å². The maximum Gasteiger partial charge on any atom is 0.372 e. The lowest BCUT2D eigenvalue weighted by Gasteiger charge is -2.08. The number of unbranched alkanes of at least 4 members (excludes halogenated alkanes) is 8. The third-order valence-electron chi connectivity index (χ3n) is 4.89. The number of hydrogen-bond acceptors (Lipinski definition) is 5. The number of carbonyl (C=O) groups excluding carboxylic acids is 2. The molecule has 1 fully saturated rings. The highest BCUT2D eigenvalue weighted by atomic mass is 17.2. The Morgan fingerprint density at radius 1 is 0.893 bits per heavy atom. The van der Waals surface area contributed by atoms with E-state index in [1.807, 2.05) is 0 Å². The first-order valence-corrected chi connectivity index (χ1v) is 11.2. The summed E-state index contributed by atoms with van der Waals surface area (Å²) in [7, 11) is 0.